The van der Waals surface area contributed by atoms with E-state index in [9.17, 15) is 4.79 Å². The van der Waals surface area contributed by atoms with E-state index >= 15 is 0 Å². The van der Waals surface area contributed by atoms with Crippen LogP contribution in [0.1, 0.15) is 15.2 Å². The molecular weight excluding hydrogens is 410 g/mol. The van der Waals surface area contributed by atoms with Gasteiger partial charge in [-0.1, -0.05) is 6.07 Å². The zero-order valence-corrected chi connectivity index (χ0v) is 14.1. The minimum atomic E-state index is -0.0981. The third-order valence-corrected chi connectivity index (χ3v) is 6.01. The Labute approximate surface area is 136 Å². The molecule has 0 bridgehead atoms. The zero-order valence-electron chi connectivity index (χ0n) is 10.1. The van der Waals surface area contributed by atoms with E-state index < -0.39 is 0 Å². The van der Waals surface area contributed by atoms with E-state index in [1.165, 1.54) is 11.3 Å². The van der Waals surface area contributed by atoms with E-state index in [0.717, 1.165) is 25.3 Å². The summed E-state index contributed by atoms with van der Waals surface area (Å²) in [6, 6.07) is 7.43. The lowest BCUT2D eigenvalue weighted by Crippen LogP contribution is -2.21. The average Bonchev–Trinajstić information content (AvgIpc) is 3.03. The number of ether oxygens (including phenoxy) is 2. The lowest BCUT2D eigenvalue weighted by Gasteiger charge is -2.05. The summed E-state index contributed by atoms with van der Waals surface area (Å²) < 4.78 is 12.3. The van der Waals surface area contributed by atoms with Crippen molar-refractivity contribution in [1.82, 2.24) is 5.32 Å². The molecule has 0 unspecified atom stereocenters. The first-order valence-electron chi connectivity index (χ1n) is 5.75. The van der Waals surface area contributed by atoms with E-state index in [1.54, 1.807) is 6.07 Å². The lowest BCUT2D eigenvalue weighted by atomic mass is 10.2. The molecule has 1 aromatic carbocycles. The van der Waals surface area contributed by atoms with Gasteiger partial charge in [0, 0.05) is 11.0 Å². The third kappa shape index (κ3) is 2.84. The second-order valence-corrected chi connectivity index (χ2v) is 7.33. The number of hydrogen-bond acceptors (Lipinski definition) is 4. The van der Waals surface area contributed by atoms with Crippen LogP contribution in [0.5, 0.6) is 11.5 Å². The van der Waals surface area contributed by atoms with Gasteiger partial charge in [-0.3, -0.25) is 4.79 Å². The summed E-state index contributed by atoms with van der Waals surface area (Å²) in [6.45, 7) is 0.699. The van der Waals surface area contributed by atoms with Crippen LogP contribution in [-0.2, 0) is 6.54 Å². The fraction of sp³-hybridized carbons (Fsp3) is 0.154. The summed E-state index contributed by atoms with van der Waals surface area (Å²) in [4.78, 5) is 12.7. The number of halogens is 2. The van der Waals surface area contributed by atoms with Crippen LogP contribution in [-0.4, -0.2) is 12.7 Å². The Hall–Kier alpha value is -1.05. The molecule has 2 heterocycles. The second kappa shape index (κ2) is 5.75. The average molecular weight is 419 g/mol. The van der Waals surface area contributed by atoms with E-state index in [4.69, 9.17) is 9.47 Å². The maximum absolute atomic E-state index is 12.0. The van der Waals surface area contributed by atoms with Gasteiger partial charge in [-0.25, -0.2) is 0 Å². The Morgan fingerprint density at radius 1 is 1.25 bits per heavy atom. The van der Waals surface area contributed by atoms with Crippen LogP contribution < -0.4 is 14.8 Å². The van der Waals surface area contributed by atoms with Crippen LogP contribution in [0.3, 0.4) is 0 Å². The van der Waals surface area contributed by atoms with E-state index in [0.29, 0.717) is 11.4 Å². The van der Waals surface area contributed by atoms with Crippen LogP contribution in [0.4, 0.5) is 0 Å². The van der Waals surface area contributed by atoms with Gasteiger partial charge in [0.1, 0.15) is 0 Å². The standard InChI is InChI=1S/C13H9Br2NO3S/c14-8-4-11(20-12(8)15)13(17)16-5-7-1-2-9-10(3-7)19-6-18-9/h1-4H,5-6H2,(H,16,17). The molecule has 0 spiro atoms. The highest BCUT2D eigenvalue weighted by Crippen LogP contribution is 2.33. The van der Waals surface area contributed by atoms with Crippen molar-refractivity contribution in [1.29, 1.82) is 0 Å². The molecule has 1 amide bonds. The number of hydrogen-bond donors (Lipinski definition) is 1. The normalized spacial score (nSPS) is 12.5. The van der Waals surface area contributed by atoms with Crippen molar-refractivity contribution in [3.63, 3.8) is 0 Å². The molecule has 0 aliphatic carbocycles. The number of carbonyl (C=O) groups excluding carboxylic acids is 1. The molecule has 20 heavy (non-hydrogen) atoms. The van der Waals surface area contributed by atoms with Crippen molar-refractivity contribution >= 4 is 49.1 Å². The smallest absolute Gasteiger partial charge is 0.261 e. The summed E-state index contributed by atoms with van der Waals surface area (Å²) in [5.41, 5.74) is 0.970. The Morgan fingerprint density at radius 3 is 2.80 bits per heavy atom. The molecule has 0 atom stereocenters. The Kier molecular flexibility index (Phi) is 4.00. The van der Waals surface area contributed by atoms with E-state index in [1.807, 2.05) is 18.2 Å². The molecule has 7 heteroatoms. The van der Waals surface area contributed by atoms with Gasteiger partial charge >= 0.3 is 0 Å². The van der Waals surface area contributed by atoms with Crippen LogP contribution in [0.25, 0.3) is 0 Å². The molecule has 0 fully saturated rings. The number of nitrogens with one attached hydrogen (secondary N) is 1. The first-order chi connectivity index (χ1) is 9.63. The van der Waals surface area contributed by atoms with Crippen molar-refractivity contribution in [3.05, 3.63) is 43.0 Å². The Balaban J connectivity index is 1.66. The third-order valence-electron chi connectivity index (χ3n) is 2.76. The van der Waals surface area contributed by atoms with Gasteiger partial charge < -0.3 is 14.8 Å². The molecule has 0 saturated carbocycles. The number of carbonyl (C=O) groups is 1. The maximum atomic E-state index is 12.0. The summed E-state index contributed by atoms with van der Waals surface area (Å²) in [5, 5.41) is 2.88. The minimum absolute atomic E-state index is 0.0981. The molecule has 1 aliphatic rings. The van der Waals surface area contributed by atoms with Crippen molar-refractivity contribution in [2.45, 2.75) is 6.54 Å². The predicted octanol–water partition coefficient (Wildman–Crippen LogP) is 3.93. The summed E-state index contributed by atoms with van der Waals surface area (Å²) in [5.74, 6) is 1.36. The fourth-order valence-electron chi connectivity index (χ4n) is 1.78. The first-order valence-corrected chi connectivity index (χ1v) is 8.15. The molecule has 0 saturated heterocycles. The van der Waals surface area contributed by atoms with E-state index in [2.05, 4.69) is 37.2 Å². The number of rotatable bonds is 3. The molecule has 104 valence electrons. The van der Waals surface area contributed by atoms with Crippen LogP contribution in [0.15, 0.2) is 32.5 Å². The Morgan fingerprint density at radius 2 is 2.05 bits per heavy atom. The summed E-state index contributed by atoms with van der Waals surface area (Å²) in [7, 11) is 0. The van der Waals surface area contributed by atoms with Crippen molar-refractivity contribution in [2.24, 2.45) is 0 Å². The topological polar surface area (TPSA) is 47.6 Å². The van der Waals surface area contributed by atoms with Crippen molar-refractivity contribution < 1.29 is 14.3 Å². The number of amides is 1. The highest BCUT2D eigenvalue weighted by molar-refractivity contribution is 9.13. The molecule has 2 aromatic rings. The molecule has 1 aliphatic heterocycles. The fourth-order valence-corrected chi connectivity index (χ4v) is 3.73. The summed E-state index contributed by atoms with van der Waals surface area (Å²) in [6.07, 6.45) is 0. The number of thiophene rings is 1. The van der Waals surface area contributed by atoms with Gasteiger partial charge in [0.25, 0.3) is 5.91 Å². The molecule has 4 nitrogen and oxygen atoms in total. The van der Waals surface area contributed by atoms with Crippen LogP contribution in [0.2, 0.25) is 0 Å². The number of benzene rings is 1. The minimum Gasteiger partial charge on any atom is -0.454 e. The second-order valence-electron chi connectivity index (χ2n) is 4.10. The van der Waals surface area contributed by atoms with Crippen molar-refractivity contribution in [2.75, 3.05) is 6.79 Å². The number of fused-ring (bicyclic) bond motifs is 1. The Bertz CT molecular complexity index is 652. The van der Waals surface area contributed by atoms with Crippen LogP contribution >= 0.6 is 43.2 Å². The lowest BCUT2D eigenvalue weighted by molar-refractivity contribution is 0.0955. The largest absolute Gasteiger partial charge is 0.454 e. The van der Waals surface area contributed by atoms with E-state index in [-0.39, 0.29) is 12.7 Å². The molecule has 0 radical (unpaired) electrons. The van der Waals surface area contributed by atoms with Gasteiger partial charge in [0.2, 0.25) is 6.79 Å². The quantitative estimate of drug-likeness (QED) is 0.821. The molecule has 1 N–H and O–H groups in total. The maximum Gasteiger partial charge on any atom is 0.261 e. The van der Waals surface area contributed by atoms with Gasteiger partial charge in [0.05, 0.1) is 8.66 Å². The van der Waals surface area contributed by atoms with Gasteiger partial charge in [0.15, 0.2) is 11.5 Å². The monoisotopic (exact) mass is 417 g/mol. The molecular formula is C13H9Br2NO3S. The highest BCUT2D eigenvalue weighted by Gasteiger charge is 2.15. The van der Waals surface area contributed by atoms with Crippen molar-refractivity contribution in [3.8, 4) is 11.5 Å². The first kappa shape index (κ1) is 13.9. The zero-order chi connectivity index (χ0) is 14.1. The molecule has 1 aromatic heterocycles. The predicted molar refractivity (Wildman–Crippen MR) is 83.5 cm³/mol. The van der Waals surface area contributed by atoms with Gasteiger partial charge in [-0.2, -0.15) is 0 Å². The molecule has 3 rings (SSSR count). The highest BCUT2D eigenvalue weighted by atomic mass is 79.9. The SMILES string of the molecule is O=C(NCc1ccc2c(c1)OCO2)c1cc(Br)c(Br)s1. The van der Waals surface area contributed by atoms with Crippen LogP contribution in [0, 0.1) is 0 Å². The summed E-state index contributed by atoms with van der Waals surface area (Å²) >= 11 is 8.13. The van der Waals surface area contributed by atoms with Gasteiger partial charge in [-0.15, -0.1) is 11.3 Å². The van der Waals surface area contributed by atoms with Gasteiger partial charge in [-0.05, 0) is 55.6 Å².